The number of hydrogen-bond donors (Lipinski definition) is 3. The van der Waals surface area contributed by atoms with Crippen molar-refractivity contribution in [3.63, 3.8) is 0 Å². The van der Waals surface area contributed by atoms with Gasteiger partial charge in [-0.25, -0.2) is 0 Å². The van der Waals surface area contributed by atoms with Crippen LogP contribution >= 0.6 is 0 Å². The molecule has 0 atom stereocenters. The van der Waals surface area contributed by atoms with Gasteiger partial charge in [0.15, 0.2) is 0 Å². The largest absolute Gasteiger partial charge is 0.508 e. The first-order valence-corrected chi connectivity index (χ1v) is 9.96. The first-order chi connectivity index (χ1) is 14.6. The van der Waals surface area contributed by atoms with E-state index in [9.17, 15) is 20.1 Å². The maximum atomic E-state index is 13.3. The molecule has 2 heterocycles. The van der Waals surface area contributed by atoms with Crippen LogP contribution in [0.4, 0.5) is 0 Å². The fourth-order valence-corrected chi connectivity index (χ4v) is 3.64. The van der Waals surface area contributed by atoms with Crippen LogP contribution < -0.4 is 10.2 Å². The van der Waals surface area contributed by atoms with Gasteiger partial charge in [-0.3, -0.25) is 4.79 Å². The molecule has 6 nitrogen and oxygen atoms in total. The van der Waals surface area contributed by atoms with E-state index in [1.807, 2.05) is 33.8 Å². The molecule has 6 heteroatoms. The minimum absolute atomic E-state index is 0.00234. The van der Waals surface area contributed by atoms with Gasteiger partial charge in [-0.2, -0.15) is 0 Å². The van der Waals surface area contributed by atoms with Crippen LogP contribution in [0, 0.1) is 0 Å². The lowest BCUT2D eigenvalue weighted by Crippen LogP contribution is -2.27. The number of rotatable bonds is 3. The molecule has 0 saturated heterocycles. The molecule has 3 N–H and O–H groups in total. The average Bonchev–Trinajstić information content (AvgIpc) is 2.67. The molecular formula is C25H24O6. The van der Waals surface area contributed by atoms with Gasteiger partial charge in [0.25, 0.3) is 0 Å². The first-order valence-electron chi connectivity index (χ1n) is 9.96. The molecule has 0 amide bonds. The zero-order chi connectivity index (χ0) is 22.5. The van der Waals surface area contributed by atoms with Crippen molar-refractivity contribution in [2.75, 3.05) is 0 Å². The van der Waals surface area contributed by atoms with Gasteiger partial charge in [-0.1, -0.05) is 11.6 Å². The summed E-state index contributed by atoms with van der Waals surface area (Å²) in [6, 6.07) is 4.46. The Morgan fingerprint density at radius 1 is 1.10 bits per heavy atom. The topological polar surface area (TPSA) is 100 Å². The summed E-state index contributed by atoms with van der Waals surface area (Å²) >= 11 is 0. The number of ether oxygens (including phenoxy) is 1. The van der Waals surface area contributed by atoms with Crippen molar-refractivity contribution >= 4 is 17.0 Å². The van der Waals surface area contributed by atoms with Crippen LogP contribution in [0.5, 0.6) is 23.0 Å². The highest BCUT2D eigenvalue weighted by atomic mass is 16.5. The Labute approximate surface area is 179 Å². The molecule has 0 fully saturated rings. The predicted octanol–water partition coefficient (Wildman–Crippen LogP) is 5.27. The maximum absolute atomic E-state index is 13.3. The third-order valence-electron chi connectivity index (χ3n) is 5.33. The van der Waals surface area contributed by atoms with Crippen molar-refractivity contribution in [1.29, 1.82) is 0 Å². The van der Waals surface area contributed by atoms with Crippen molar-refractivity contribution < 1.29 is 24.5 Å². The van der Waals surface area contributed by atoms with Crippen molar-refractivity contribution in [3.8, 4) is 34.1 Å². The maximum Gasteiger partial charge on any atom is 0.204 e. The van der Waals surface area contributed by atoms with Crippen LogP contribution in [0.2, 0.25) is 0 Å². The summed E-state index contributed by atoms with van der Waals surface area (Å²) in [7, 11) is 0. The Bertz CT molecular complexity index is 1320. The predicted molar refractivity (Wildman–Crippen MR) is 120 cm³/mol. The summed E-state index contributed by atoms with van der Waals surface area (Å²) in [6.07, 6.45) is 6.94. The molecule has 0 spiro atoms. The van der Waals surface area contributed by atoms with Crippen molar-refractivity contribution in [1.82, 2.24) is 0 Å². The molecule has 31 heavy (non-hydrogen) atoms. The molecule has 1 aliphatic heterocycles. The Kier molecular flexibility index (Phi) is 4.81. The molecule has 0 unspecified atom stereocenters. The summed E-state index contributed by atoms with van der Waals surface area (Å²) < 4.78 is 11.5. The lowest BCUT2D eigenvalue weighted by atomic mass is 9.96. The highest BCUT2D eigenvalue weighted by molar-refractivity contribution is 5.93. The first kappa shape index (κ1) is 20.6. The standard InChI is InChI=1S/C25H24O6/c1-13(2)5-6-15-18(26)8-7-14(22(15)27)17-12-30-20-11-19-16(9-10-25(3,4)31-19)23(28)21(20)24(17)29/h5,7-12,26-28H,6H2,1-4H3. The molecule has 160 valence electrons. The lowest BCUT2D eigenvalue weighted by molar-refractivity contribution is 0.158. The average molecular weight is 420 g/mol. The molecular weight excluding hydrogens is 396 g/mol. The van der Waals surface area contributed by atoms with Gasteiger partial charge in [-0.05, 0) is 58.4 Å². The molecule has 1 aromatic heterocycles. The normalized spacial score (nSPS) is 14.2. The summed E-state index contributed by atoms with van der Waals surface area (Å²) in [5.74, 6) is -0.0832. The van der Waals surface area contributed by atoms with E-state index in [0.717, 1.165) is 5.57 Å². The van der Waals surface area contributed by atoms with E-state index >= 15 is 0 Å². The van der Waals surface area contributed by atoms with Crippen LogP contribution in [-0.4, -0.2) is 20.9 Å². The fraction of sp³-hybridized carbons (Fsp3) is 0.240. The van der Waals surface area contributed by atoms with Crippen LogP contribution in [0.3, 0.4) is 0 Å². The van der Waals surface area contributed by atoms with Gasteiger partial charge < -0.3 is 24.5 Å². The van der Waals surface area contributed by atoms with E-state index < -0.39 is 11.0 Å². The second-order valence-corrected chi connectivity index (χ2v) is 8.47. The Hall–Kier alpha value is -3.67. The number of phenols is 3. The third kappa shape index (κ3) is 3.54. The smallest absolute Gasteiger partial charge is 0.204 e. The summed E-state index contributed by atoms with van der Waals surface area (Å²) in [5, 5.41) is 31.8. The number of fused-ring (bicyclic) bond motifs is 2. The Morgan fingerprint density at radius 3 is 2.55 bits per heavy atom. The van der Waals surface area contributed by atoms with E-state index in [1.165, 1.54) is 18.4 Å². The molecule has 0 radical (unpaired) electrons. The Balaban J connectivity index is 1.92. The molecule has 4 rings (SSSR count). The molecule has 0 bridgehead atoms. The highest BCUT2D eigenvalue weighted by Gasteiger charge is 2.27. The number of allylic oxidation sites excluding steroid dienone is 2. The van der Waals surface area contributed by atoms with Crippen molar-refractivity contribution in [2.24, 2.45) is 0 Å². The number of phenolic OH excluding ortho intramolecular Hbond substituents is 3. The van der Waals surface area contributed by atoms with E-state index in [1.54, 1.807) is 18.2 Å². The summed E-state index contributed by atoms with van der Waals surface area (Å²) in [6.45, 7) is 7.60. The monoisotopic (exact) mass is 420 g/mol. The minimum atomic E-state index is -0.549. The number of hydrogen-bond acceptors (Lipinski definition) is 6. The van der Waals surface area contributed by atoms with E-state index in [4.69, 9.17) is 9.15 Å². The van der Waals surface area contributed by atoms with Gasteiger partial charge in [0.2, 0.25) is 5.43 Å². The van der Waals surface area contributed by atoms with Crippen LogP contribution in [0.25, 0.3) is 28.2 Å². The molecule has 1 aliphatic rings. The molecule has 2 aromatic carbocycles. The zero-order valence-electron chi connectivity index (χ0n) is 17.8. The van der Waals surface area contributed by atoms with Crippen LogP contribution in [0.1, 0.15) is 38.8 Å². The zero-order valence-corrected chi connectivity index (χ0v) is 17.8. The second kappa shape index (κ2) is 7.23. The number of aromatic hydroxyl groups is 3. The quantitative estimate of drug-likeness (QED) is 0.499. The molecule has 0 aliphatic carbocycles. The SMILES string of the molecule is CC(C)=CCc1c(O)ccc(-c2coc3cc4c(c(O)c3c2=O)C=CC(C)(C)O4)c1O. The Morgan fingerprint density at radius 2 is 1.84 bits per heavy atom. The minimum Gasteiger partial charge on any atom is -0.508 e. The van der Waals surface area contributed by atoms with Gasteiger partial charge in [0, 0.05) is 17.2 Å². The van der Waals surface area contributed by atoms with Gasteiger partial charge in [-0.15, -0.1) is 0 Å². The molecule has 3 aromatic rings. The third-order valence-corrected chi connectivity index (χ3v) is 5.33. The highest BCUT2D eigenvalue weighted by Crippen LogP contribution is 2.42. The van der Waals surface area contributed by atoms with Crippen molar-refractivity contribution in [3.05, 3.63) is 63.5 Å². The van der Waals surface area contributed by atoms with E-state index in [-0.39, 0.29) is 39.3 Å². The van der Waals surface area contributed by atoms with Crippen molar-refractivity contribution in [2.45, 2.75) is 39.7 Å². The van der Waals surface area contributed by atoms with Gasteiger partial charge >= 0.3 is 0 Å². The second-order valence-electron chi connectivity index (χ2n) is 8.47. The lowest BCUT2D eigenvalue weighted by Gasteiger charge is -2.28. The van der Waals surface area contributed by atoms with Crippen LogP contribution in [-0.2, 0) is 6.42 Å². The van der Waals surface area contributed by atoms with E-state index in [0.29, 0.717) is 23.3 Å². The van der Waals surface area contributed by atoms with E-state index in [2.05, 4.69) is 0 Å². The van der Waals surface area contributed by atoms with Gasteiger partial charge in [0.05, 0.1) is 11.1 Å². The number of benzene rings is 2. The fourth-order valence-electron chi connectivity index (χ4n) is 3.64. The van der Waals surface area contributed by atoms with Gasteiger partial charge in [0.1, 0.15) is 45.8 Å². The molecule has 0 saturated carbocycles. The summed E-state index contributed by atoms with van der Waals surface area (Å²) in [5.41, 5.74) is 1.18. The van der Waals surface area contributed by atoms with Crippen LogP contribution in [0.15, 0.2) is 51.4 Å². The summed E-state index contributed by atoms with van der Waals surface area (Å²) in [4.78, 5) is 13.3.